The van der Waals surface area contributed by atoms with Crippen LogP contribution < -0.4 is 16.0 Å². The fraction of sp³-hybridized carbons (Fsp3) is 0.750. The molecule has 1 saturated heterocycles. The van der Waals surface area contributed by atoms with Gasteiger partial charge in [0.25, 0.3) is 0 Å². The molecule has 1 unspecified atom stereocenters. The van der Waals surface area contributed by atoms with Crippen molar-refractivity contribution in [1.29, 1.82) is 0 Å². The molecule has 2 rings (SSSR count). The largest absolute Gasteiger partial charge is 0.459 e. The van der Waals surface area contributed by atoms with Gasteiger partial charge in [0.15, 0.2) is 0 Å². The Morgan fingerprint density at radius 2 is 1.48 bits per heavy atom. The first-order chi connectivity index (χ1) is 29.9. The summed E-state index contributed by atoms with van der Waals surface area (Å²) in [4.78, 5) is 87.4. The normalized spacial score (nSPS) is 18.5. The summed E-state index contributed by atoms with van der Waals surface area (Å²) in [5.74, 6) is -2.84. The Morgan fingerprint density at radius 3 is 2.00 bits per heavy atom. The molecule has 5 amide bonds. The zero-order valence-electron chi connectivity index (χ0n) is 41.7. The van der Waals surface area contributed by atoms with Crippen LogP contribution in [0.2, 0.25) is 0 Å². The van der Waals surface area contributed by atoms with Gasteiger partial charge in [0, 0.05) is 34.2 Å². The number of ether oxygens (including phenoxy) is 4. The van der Waals surface area contributed by atoms with Crippen LogP contribution in [0.1, 0.15) is 107 Å². The summed E-state index contributed by atoms with van der Waals surface area (Å²) >= 11 is 0. The first-order valence-electron chi connectivity index (χ1n) is 23.0. The van der Waals surface area contributed by atoms with E-state index < -0.39 is 78.0 Å². The van der Waals surface area contributed by atoms with Crippen molar-refractivity contribution in [2.24, 2.45) is 23.7 Å². The zero-order chi connectivity index (χ0) is 48.6. The number of hydrogen-bond donors (Lipinski definition) is 3. The highest BCUT2D eigenvalue weighted by molar-refractivity contribution is 5.90. The first kappa shape index (κ1) is 55.9. The number of likely N-dealkylation sites (N-methyl/N-ethyl adjacent to an activating group) is 2. The fourth-order valence-electron chi connectivity index (χ4n) is 8.62. The third kappa shape index (κ3) is 16.6. The molecule has 1 heterocycles. The zero-order valence-corrected chi connectivity index (χ0v) is 41.7. The lowest BCUT2D eigenvalue weighted by Crippen LogP contribution is -2.59. The summed E-state index contributed by atoms with van der Waals surface area (Å²) in [5, 5.41) is 8.54. The van der Waals surface area contributed by atoms with Crippen LogP contribution >= 0.6 is 0 Å². The molecule has 1 aliphatic heterocycles. The van der Waals surface area contributed by atoms with E-state index in [2.05, 4.69) is 16.0 Å². The number of carbonyl (C=O) groups excluding carboxylic acids is 6. The minimum Gasteiger partial charge on any atom is -0.459 e. The summed E-state index contributed by atoms with van der Waals surface area (Å²) in [6, 6.07) is 6.01. The third-order valence-corrected chi connectivity index (χ3v) is 12.1. The van der Waals surface area contributed by atoms with Crippen LogP contribution in [0.5, 0.6) is 0 Å². The van der Waals surface area contributed by atoms with Crippen molar-refractivity contribution in [3.63, 3.8) is 0 Å². The van der Waals surface area contributed by atoms with Gasteiger partial charge in [-0.25, -0.2) is 9.59 Å². The number of nitrogens with one attached hydrogen (secondary N) is 3. The molecule has 1 aromatic carbocycles. The SMILES string of the molecule is CC[C@H](C)[C@@H]([C@@H](CC(=O)N1CCC[C@H]1[C@H](OC)[C@@H](C)C(=O)N[C@@H](Cc1ccccc1)C(=O)OC(C)CNC(=O)OC(C)(C)C)OC)N(C)C(=O)[C@@H](NC(=O)[C@H](C(C)C)N(C)C)C(C)C. The van der Waals surface area contributed by atoms with Crippen molar-refractivity contribution in [3.8, 4) is 0 Å². The Bertz CT molecular complexity index is 1640. The van der Waals surface area contributed by atoms with Crippen molar-refractivity contribution in [3.05, 3.63) is 35.9 Å². The van der Waals surface area contributed by atoms with Crippen molar-refractivity contribution in [2.75, 3.05) is 48.5 Å². The summed E-state index contributed by atoms with van der Waals surface area (Å²) in [6.45, 7) is 20.8. The van der Waals surface area contributed by atoms with E-state index in [4.69, 9.17) is 18.9 Å². The highest BCUT2D eigenvalue weighted by Crippen LogP contribution is 2.30. The van der Waals surface area contributed by atoms with E-state index in [9.17, 15) is 28.8 Å². The van der Waals surface area contributed by atoms with Crippen LogP contribution in [0.15, 0.2) is 30.3 Å². The molecule has 16 heteroatoms. The molecule has 0 aliphatic carbocycles. The van der Waals surface area contributed by atoms with Gasteiger partial charge >= 0.3 is 12.1 Å². The van der Waals surface area contributed by atoms with Crippen molar-refractivity contribution < 1.29 is 47.7 Å². The predicted octanol–water partition coefficient (Wildman–Crippen LogP) is 4.82. The number of nitrogens with zero attached hydrogens (tertiary/aromatic N) is 3. The van der Waals surface area contributed by atoms with Gasteiger partial charge in [-0.1, -0.05) is 85.2 Å². The third-order valence-electron chi connectivity index (χ3n) is 12.1. The van der Waals surface area contributed by atoms with Crippen molar-refractivity contribution in [2.45, 2.75) is 162 Å². The van der Waals surface area contributed by atoms with Gasteiger partial charge in [0.05, 0.1) is 49.2 Å². The summed E-state index contributed by atoms with van der Waals surface area (Å²) in [5.41, 5.74) is 0.108. The van der Waals surface area contributed by atoms with Gasteiger partial charge in [-0.05, 0) is 77.9 Å². The van der Waals surface area contributed by atoms with Crippen LogP contribution in [-0.4, -0.2) is 153 Å². The molecule has 0 saturated carbocycles. The molecule has 10 atom stereocenters. The number of methoxy groups -OCH3 is 2. The van der Waals surface area contributed by atoms with E-state index in [1.54, 1.807) is 58.6 Å². The molecule has 1 fully saturated rings. The molecule has 364 valence electrons. The van der Waals surface area contributed by atoms with Gasteiger partial charge < -0.3 is 44.7 Å². The number of amides is 5. The minimum absolute atomic E-state index is 0.00152. The number of benzene rings is 1. The first-order valence-corrected chi connectivity index (χ1v) is 23.0. The number of alkyl carbamates (subject to hydrolysis) is 1. The lowest BCUT2D eigenvalue weighted by atomic mass is 9.89. The standard InChI is InChI=1S/C48H82N6O10/c1-17-31(6)41(53(14)45(58)39(29(2)3)51-44(57)40(30(4)5)52(12)13)37(61-15)27-38(55)54-25-21-24-36(54)42(62-16)33(8)43(56)50-35(26-34-22-19-18-20-23-34)46(59)63-32(7)28-49-47(60)64-48(9,10)11/h18-20,22-23,29-33,35-37,39-42H,17,21,24-28H2,1-16H3,(H,49,60)(H,50,56)(H,51,57)/t31-,32?,33+,35-,36-,37+,39-,40-,41-,42+/m0/s1. The number of carbonyl (C=O) groups is 6. The van der Waals surface area contributed by atoms with Crippen LogP contribution in [0.4, 0.5) is 4.79 Å². The number of likely N-dealkylation sites (tertiary alicyclic amines) is 1. The molecule has 0 radical (unpaired) electrons. The van der Waals surface area contributed by atoms with Crippen LogP contribution in [0.3, 0.4) is 0 Å². The second-order valence-corrected chi connectivity index (χ2v) is 19.4. The topological polar surface area (TPSA) is 185 Å². The average Bonchev–Trinajstić information content (AvgIpc) is 3.70. The van der Waals surface area contributed by atoms with E-state index in [0.29, 0.717) is 25.8 Å². The molecule has 1 aromatic rings. The maximum Gasteiger partial charge on any atom is 0.407 e. The lowest BCUT2D eigenvalue weighted by molar-refractivity contribution is -0.153. The average molecular weight is 903 g/mol. The predicted molar refractivity (Wildman–Crippen MR) is 247 cm³/mol. The highest BCUT2D eigenvalue weighted by Gasteiger charge is 2.43. The molecule has 0 spiro atoms. The van der Waals surface area contributed by atoms with Crippen LogP contribution in [0, 0.1) is 23.7 Å². The Labute approximate surface area is 383 Å². The molecular formula is C48H82N6O10. The van der Waals surface area contributed by atoms with Gasteiger partial charge in [-0.15, -0.1) is 0 Å². The highest BCUT2D eigenvalue weighted by atomic mass is 16.6. The molecule has 64 heavy (non-hydrogen) atoms. The molecule has 16 nitrogen and oxygen atoms in total. The molecular weight excluding hydrogens is 821 g/mol. The Morgan fingerprint density at radius 1 is 0.859 bits per heavy atom. The Hall–Kier alpha value is -4.28. The summed E-state index contributed by atoms with van der Waals surface area (Å²) in [6.07, 6.45) is -0.669. The van der Waals surface area contributed by atoms with E-state index >= 15 is 0 Å². The Kier molecular flexibility index (Phi) is 22.7. The Balaban J connectivity index is 2.30. The summed E-state index contributed by atoms with van der Waals surface area (Å²) < 4.78 is 23.0. The lowest BCUT2D eigenvalue weighted by Gasteiger charge is -2.41. The second kappa shape index (κ2) is 26.0. The van der Waals surface area contributed by atoms with Gasteiger partial charge in [-0.3, -0.25) is 24.1 Å². The smallest absolute Gasteiger partial charge is 0.407 e. The number of hydrogen-bond acceptors (Lipinski definition) is 11. The quantitative estimate of drug-likeness (QED) is 0.121. The minimum atomic E-state index is -1.06. The molecule has 1 aliphatic rings. The molecule has 3 N–H and O–H groups in total. The molecule has 0 bridgehead atoms. The van der Waals surface area contributed by atoms with Crippen molar-refractivity contribution >= 4 is 35.7 Å². The number of rotatable bonds is 24. The van der Waals surface area contributed by atoms with E-state index in [1.807, 2.05) is 90.9 Å². The maximum absolute atomic E-state index is 14.4. The monoisotopic (exact) mass is 903 g/mol. The van der Waals surface area contributed by atoms with E-state index in [0.717, 1.165) is 5.56 Å². The van der Waals surface area contributed by atoms with E-state index in [-0.39, 0.29) is 54.9 Å². The second-order valence-electron chi connectivity index (χ2n) is 19.4. The van der Waals surface area contributed by atoms with E-state index in [1.165, 1.54) is 7.11 Å². The van der Waals surface area contributed by atoms with Crippen LogP contribution in [-0.2, 0) is 49.3 Å². The maximum atomic E-state index is 14.4. The molecule has 0 aromatic heterocycles. The van der Waals surface area contributed by atoms with Gasteiger partial charge in [0.2, 0.25) is 23.6 Å². The van der Waals surface area contributed by atoms with Gasteiger partial charge in [-0.2, -0.15) is 0 Å². The fourth-order valence-corrected chi connectivity index (χ4v) is 8.62. The van der Waals surface area contributed by atoms with Gasteiger partial charge in [0.1, 0.15) is 23.8 Å². The van der Waals surface area contributed by atoms with Crippen LogP contribution in [0.25, 0.3) is 0 Å². The number of esters is 1. The van der Waals surface area contributed by atoms with Crippen molar-refractivity contribution in [1.82, 2.24) is 30.7 Å². The summed E-state index contributed by atoms with van der Waals surface area (Å²) in [7, 11) is 8.45.